The molecule has 162 valence electrons. The highest BCUT2D eigenvalue weighted by Gasteiger charge is 2.23. The van der Waals surface area contributed by atoms with Crippen molar-refractivity contribution >= 4 is 27.8 Å². The van der Waals surface area contributed by atoms with Gasteiger partial charge in [-0.2, -0.15) is 5.26 Å². The van der Waals surface area contributed by atoms with Gasteiger partial charge in [0.25, 0.3) is 5.91 Å². The standard InChI is InChI=1S/C25H21BrN2O4/c1-2-31-22-14-17(16-27)13-20(26)24(22)32-23(29)15-21(18-9-5-3-6-10-18)28-25(30)19-11-7-4-8-12-19/h3-14,21H,2,15H2,1H3,(H,28,30)/t21-/m1/s1. The normalized spacial score (nSPS) is 11.2. The summed E-state index contributed by atoms with van der Waals surface area (Å²) in [5, 5.41) is 12.1. The Labute approximate surface area is 194 Å². The molecule has 0 unspecified atom stereocenters. The molecule has 0 aliphatic heterocycles. The molecule has 1 N–H and O–H groups in total. The highest BCUT2D eigenvalue weighted by atomic mass is 79.9. The first-order chi connectivity index (χ1) is 15.5. The summed E-state index contributed by atoms with van der Waals surface area (Å²) in [6, 6.07) is 22.5. The third-order valence-electron chi connectivity index (χ3n) is 4.57. The molecule has 3 rings (SSSR count). The third kappa shape index (κ3) is 5.96. The second kappa shape index (κ2) is 11.1. The third-order valence-corrected chi connectivity index (χ3v) is 5.16. The number of nitrogens with one attached hydrogen (secondary N) is 1. The average Bonchev–Trinajstić information content (AvgIpc) is 2.81. The quantitative estimate of drug-likeness (QED) is 0.345. The van der Waals surface area contributed by atoms with Gasteiger partial charge >= 0.3 is 5.97 Å². The number of benzene rings is 3. The molecule has 3 aromatic carbocycles. The van der Waals surface area contributed by atoms with E-state index in [1.54, 1.807) is 37.3 Å². The number of rotatable bonds is 8. The van der Waals surface area contributed by atoms with Gasteiger partial charge in [-0.3, -0.25) is 9.59 Å². The Morgan fingerprint density at radius 1 is 1.06 bits per heavy atom. The van der Waals surface area contributed by atoms with Crippen LogP contribution in [0, 0.1) is 11.3 Å². The van der Waals surface area contributed by atoms with Crippen LogP contribution in [0.15, 0.2) is 77.3 Å². The molecule has 0 saturated heterocycles. The van der Waals surface area contributed by atoms with Crippen LogP contribution in [0.3, 0.4) is 0 Å². The summed E-state index contributed by atoms with van der Waals surface area (Å²) in [4.78, 5) is 25.6. The van der Waals surface area contributed by atoms with Crippen LogP contribution in [0.4, 0.5) is 0 Å². The topological polar surface area (TPSA) is 88.4 Å². The van der Waals surface area contributed by atoms with Gasteiger partial charge in [0.05, 0.1) is 35.2 Å². The lowest BCUT2D eigenvalue weighted by Gasteiger charge is -2.19. The molecule has 0 bridgehead atoms. The zero-order valence-electron chi connectivity index (χ0n) is 17.4. The molecule has 0 aliphatic carbocycles. The van der Waals surface area contributed by atoms with Gasteiger partial charge in [-0.1, -0.05) is 48.5 Å². The summed E-state index contributed by atoms with van der Waals surface area (Å²) in [6.07, 6.45) is -0.0966. The van der Waals surface area contributed by atoms with Gasteiger partial charge in [0.1, 0.15) is 0 Å². The van der Waals surface area contributed by atoms with Gasteiger partial charge in [-0.25, -0.2) is 0 Å². The smallest absolute Gasteiger partial charge is 0.313 e. The number of carbonyl (C=O) groups is 2. The lowest BCUT2D eigenvalue weighted by molar-refractivity contribution is -0.135. The van der Waals surface area contributed by atoms with E-state index in [1.807, 2.05) is 42.5 Å². The van der Waals surface area contributed by atoms with Crippen LogP contribution in [-0.2, 0) is 4.79 Å². The predicted molar refractivity (Wildman–Crippen MR) is 123 cm³/mol. The number of hydrogen-bond donors (Lipinski definition) is 1. The predicted octanol–water partition coefficient (Wildman–Crippen LogP) is 5.19. The van der Waals surface area contributed by atoms with E-state index in [2.05, 4.69) is 21.2 Å². The van der Waals surface area contributed by atoms with Crippen molar-refractivity contribution in [1.29, 1.82) is 5.26 Å². The molecule has 0 spiro atoms. The molecule has 32 heavy (non-hydrogen) atoms. The van der Waals surface area contributed by atoms with Crippen LogP contribution in [0.2, 0.25) is 0 Å². The van der Waals surface area contributed by atoms with E-state index in [4.69, 9.17) is 9.47 Å². The summed E-state index contributed by atoms with van der Waals surface area (Å²) in [5.41, 5.74) is 1.64. The highest BCUT2D eigenvalue weighted by Crippen LogP contribution is 2.37. The molecule has 1 amide bonds. The number of ether oxygens (including phenoxy) is 2. The molecule has 0 radical (unpaired) electrons. The largest absolute Gasteiger partial charge is 0.490 e. The summed E-state index contributed by atoms with van der Waals surface area (Å²) in [6.45, 7) is 2.13. The van der Waals surface area contributed by atoms with Crippen molar-refractivity contribution in [3.63, 3.8) is 0 Å². The van der Waals surface area contributed by atoms with Crippen molar-refractivity contribution in [2.75, 3.05) is 6.61 Å². The fourth-order valence-electron chi connectivity index (χ4n) is 3.09. The Morgan fingerprint density at radius 3 is 2.34 bits per heavy atom. The molecule has 0 aromatic heterocycles. The van der Waals surface area contributed by atoms with E-state index in [0.29, 0.717) is 22.2 Å². The zero-order valence-corrected chi connectivity index (χ0v) is 19.0. The maximum absolute atomic E-state index is 12.9. The van der Waals surface area contributed by atoms with Crippen LogP contribution in [0.5, 0.6) is 11.5 Å². The number of esters is 1. The minimum absolute atomic E-state index is 0.0966. The number of nitrogens with zero attached hydrogens (tertiary/aromatic N) is 1. The van der Waals surface area contributed by atoms with Crippen LogP contribution in [-0.4, -0.2) is 18.5 Å². The average molecular weight is 493 g/mol. The van der Waals surface area contributed by atoms with Crippen molar-refractivity contribution in [2.45, 2.75) is 19.4 Å². The summed E-state index contributed by atoms with van der Waals surface area (Å²) < 4.78 is 11.6. The van der Waals surface area contributed by atoms with Crippen LogP contribution in [0.25, 0.3) is 0 Å². The Hall–Kier alpha value is -3.63. The zero-order chi connectivity index (χ0) is 22.9. The fraction of sp³-hybridized carbons (Fsp3) is 0.160. The van der Waals surface area contributed by atoms with Crippen LogP contribution >= 0.6 is 15.9 Å². The molecule has 7 heteroatoms. The molecule has 1 atom stereocenters. The van der Waals surface area contributed by atoms with E-state index in [-0.39, 0.29) is 23.8 Å². The molecule has 0 aliphatic rings. The van der Waals surface area contributed by atoms with Gasteiger partial charge in [0, 0.05) is 11.6 Å². The Bertz CT molecular complexity index is 1130. The van der Waals surface area contributed by atoms with Crippen molar-refractivity contribution in [3.8, 4) is 17.6 Å². The monoisotopic (exact) mass is 492 g/mol. The Morgan fingerprint density at radius 2 is 1.72 bits per heavy atom. The van der Waals surface area contributed by atoms with Crippen molar-refractivity contribution in [2.24, 2.45) is 0 Å². The summed E-state index contributed by atoms with van der Waals surface area (Å²) >= 11 is 3.34. The van der Waals surface area contributed by atoms with Crippen molar-refractivity contribution in [1.82, 2.24) is 5.32 Å². The van der Waals surface area contributed by atoms with Gasteiger partial charge < -0.3 is 14.8 Å². The first-order valence-corrected chi connectivity index (χ1v) is 10.8. The SMILES string of the molecule is CCOc1cc(C#N)cc(Br)c1OC(=O)C[C@@H](NC(=O)c1ccccc1)c1ccccc1. The van der Waals surface area contributed by atoms with E-state index in [9.17, 15) is 14.9 Å². The number of carbonyl (C=O) groups excluding carboxylic acids is 2. The maximum Gasteiger partial charge on any atom is 0.313 e. The number of nitriles is 1. The Kier molecular flexibility index (Phi) is 8.01. The molecular formula is C25H21BrN2O4. The van der Waals surface area contributed by atoms with Crippen LogP contribution in [0.1, 0.15) is 40.9 Å². The fourth-order valence-corrected chi connectivity index (χ4v) is 3.61. The number of hydrogen-bond acceptors (Lipinski definition) is 5. The number of amides is 1. The number of halogens is 1. The van der Waals surface area contributed by atoms with Gasteiger partial charge in [0.15, 0.2) is 11.5 Å². The second-order valence-electron chi connectivity index (χ2n) is 6.81. The van der Waals surface area contributed by atoms with Crippen molar-refractivity contribution in [3.05, 3.63) is 94.0 Å². The second-order valence-corrected chi connectivity index (χ2v) is 7.67. The highest BCUT2D eigenvalue weighted by molar-refractivity contribution is 9.10. The molecule has 0 saturated carbocycles. The van der Waals surface area contributed by atoms with Gasteiger partial charge in [-0.05, 0) is 46.6 Å². The van der Waals surface area contributed by atoms with Gasteiger partial charge in [-0.15, -0.1) is 0 Å². The lowest BCUT2D eigenvalue weighted by atomic mass is 10.0. The van der Waals surface area contributed by atoms with Gasteiger partial charge in [0.2, 0.25) is 0 Å². The van der Waals surface area contributed by atoms with Crippen molar-refractivity contribution < 1.29 is 19.1 Å². The first kappa shape index (κ1) is 23.0. The molecule has 3 aromatic rings. The van der Waals surface area contributed by atoms with E-state index in [0.717, 1.165) is 5.56 Å². The first-order valence-electron chi connectivity index (χ1n) is 9.99. The summed E-state index contributed by atoms with van der Waals surface area (Å²) in [7, 11) is 0. The minimum Gasteiger partial charge on any atom is -0.490 e. The Balaban J connectivity index is 1.82. The summed E-state index contributed by atoms with van der Waals surface area (Å²) in [5.74, 6) is -0.367. The minimum atomic E-state index is -0.593. The molecule has 0 heterocycles. The molecule has 6 nitrogen and oxygen atoms in total. The van der Waals surface area contributed by atoms with E-state index >= 15 is 0 Å². The van der Waals surface area contributed by atoms with Crippen LogP contribution < -0.4 is 14.8 Å². The molecule has 0 fully saturated rings. The van der Waals surface area contributed by atoms with E-state index in [1.165, 1.54) is 6.07 Å². The molecular weight excluding hydrogens is 472 g/mol. The van der Waals surface area contributed by atoms with E-state index < -0.39 is 12.0 Å². The lowest BCUT2D eigenvalue weighted by Crippen LogP contribution is -2.31. The maximum atomic E-state index is 12.9.